The molecular formula is C13H15ClZr. The van der Waals surface area contributed by atoms with E-state index in [0.29, 0.717) is 0 Å². The van der Waals surface area contributed by atoms with E-state index in [1.807, 2.05) is 0 Å². The molecule has 2 rings (SSSR count). The van der Waals surface area contributed by atoms with Gasteiger partial charge in [-0.3, -0.25) is 0 Å². The van der Waals surface area contributed by atoms with Crippen molar-refractivity contribution < 1.29 is 26.2 Å². The molecule has 0 nitrogen and oxygen atoms in total. The maximum atomic E-state index is 6.28. The average molecular weight is 298 g/mol. The van der Waals surface area contributed by atoms with Crippen LogP contribution < -0.4 is 0 Å². The second-order valence-corrected chi connectivity index (χ2v) is 3.55. The van der Waals surface area contributed by atoms with Crippen LogP contribution in [0, 0.1) is 0 Å². The molecule has 0 saturated carbocycles. The third kappa shape index (κ3) is 4.09. The maximum absolute atomic E-state index is 6.28. The van der Waals surface area contributed by atoms with Crippen LogP contribution in [0.4, 0.5) is 0 Å². The van der Waals surface area contributed by atoms with E-state index in [9.17, 15) is 0 Å². The van der Waals surface area contributed by atoms with Gasteiger partial charge < -0.3 is 0 Å². The Balaban J connectivity index is 0.000000617. The molecular weight excluding hydrogens is 283 g/mol. The zero-order chi connectivity index (χ0) is 10.4. The van der Waals surface area contributed by atoms with Crippen LogP contribution in [0.1, 0.15) is 12.8 Å². The summed E-state index contributed by atoms with van der Waals surface area (Å²) in [4.78, 5) is 0. The molecule has 0 aromatic heterocycles. The van der Waals surface area contributed by atoms with Gasteiger partial charge in [-0.15, -0.1) is 24.8 Å². The Hall–Kier alpha value is -0.127. The minimum absolute atomic E-state index is 0. The van der Waals surface area contributed by atoms with Crippen molar-refractivity contribution in [2.45, 2.75) is 18.2 Å². The molecule has 0 atom stereocenters. The topological polar surface area (TPSA) is 0 Å². The molecule has 0 saturated heterocycles. The van der Waals surface area contributed by atoms with Gasteiger partial charge in [0.1, 0.15) is 0 Å². The van der Waals surface area contributed by atoms with E-state index in [1.54, 1.807) is 0 Å². The molecule has 78 valence electrons. The van der Waals surface area contributed by atoms with E-state index in [0.717, 1.165) is 12.8 Å². The molecule has 0 radical (unpaired) electrons. The number of rotatable bonds is 2. The van der Waals surface area contributed by atoms with Crippen molar-refractivity contribution >= 4 is 11.6 Å². The van der Waals surface area contributed by atoms with Crippen LogP contribution in [0.15, 0.2) is 60.8 Å². The molecule has 0 heterocycles. The molecule has 0 amide bonds. The standard InChI is InChI=1S/C11H11Cl.C2H4.Zr/c12-11(9-5-1-2-6-9)10-7-3-4-8-10;1-2;/h1-5,7,11H,6,8H2;1-2H2;. The third-order valence-corrected chi connectivity index (χ3v) is 2.81. The van der Waals surface area contributed by atoms with Crippen LogP contribution in [0.3, 0.4) is 0 Å². The van der Waals surface area contributed by atoms with Gasteiger partial charge in [-0.25, -0.2) is 0 Å². The van der Waals surface area contributed by atoms with Gasteiger partial charge in [0.05, 0.1) is 5.38 Å². The van der Waals surface area contributed by atoms with Crippen LogP contribution in [0.25, 0.3) is 0 Å². The number of alkyl halides is 1. The molecule has 0 aromatic rings. The first-order chi connectivity index (χ1) is 6.88. The van der Waals surface area contributed by atoms with E-state index < -0.39 is 0 Å². The molecule has 2 aliphatic rings. The Kier molecular flexibility index (Phi) is 8.01. The summed E-state index contributed by atoms with van der Waals surface area (Å²) in [6.45, 7) is 6.00. The molecule has 0 aromatic carbocycles. The van der Waals surface area contributed by atoms with Crippen LogP contribution in [-0.2, 0) is 26.2 Å². The zero-order valence-electron chi connectivity index (χ0n) is 8.75. The smallest absolute Gasteiger partial charge is 0.0767 e. The molecule has 0 aliphatic heterocycles. The Morgan fingerprint density at radius 3 is 1.67 bits per heavy atom. The Morgan fingerprint density at radius 2 is 1.40 bits per heavy atom. The third-order valence-electron chi connectivity index (χ3n) is 2.25. The zero-order valence-corrected chi connectivity index (χ0v) is 12.0. The largest absolute Gasteiger partial charge is 0.113 e. The van der Waals surface area contributed by atoms with E-state index in [4.69, 9.17) is 11.6 Å². The monoisotopic (exact) mass is 296 g/mol. The summed E-state index contributed by atoms with van der Waals surface area (Å²) in [5.74, 6) is 0. The first-order valence-corrected chi connectivity index (χ1v) is 5.17. The normalized spacial score (nSPS) is 16.7. The fraction of sp³-hybridized carbons (Fsp3) is 0.231. The quantitative estimate of drug-likeness (QED) is 0.530. The van der Waals surface area contributed by atoms with E-state index >= 15 is 0 Å². The predicted octanol–water partition coefficient (Wildman–Crippen LogP) is 4.17. The summed E-state index contributed by atoms with van der Waals surface area (Å²) in [7, 11) is 0. The molecule has 0 unspecified atom stereocenters. The fourth-order valence-electron chi connectivity index (χ4n) is 1.54. The summed E-state index contributed by atoms with van der Waals surface area (Å²) >= 11 is 6.28. The molecule has 2 aliphatic carbocycles. The second kappa shape index (κ2) is 8.08. The predicted molar refractivity (Wildman–Crippen MR) is 64.6 cm³/mol. The second-order valence-electron chi connectivity index (χ2n) is 3.11. The maximum Gasteiger partial charge on any atom is 0.0767 e. The van der Waals surface area contributed by atoms with Gasteiger partial charge in [0.2, 0.25) is 0 Å². The Morgan fingerprint density at radius 1 is 1.00 bits per heavy atom. The average Bonchev–Trinajstić information content (AvgIpc) is 2.93. The van der Waals surface area contributed by atoms with Gasteiger partial charge in [-0.1, -0.05) is 36.5 Å². The van der Waals surface area contributed by atoms with Gasteiger partial charge in [0.25, 0.3) is 0 Å². The Bertz CT molecular complexity index is 280. The van der Waals surface area contributed by atoms with Crippen molar-refractivity contribution in [1.29, 1.82) is 0 Å². The SMILES string of the molecule is C=C.ClC(C1=CC=CC1)C1=CC=CC1.[Zr]. The molecule has 0 fully saturated rings. The van der Waals surface area contributed by atoms with Crippen molar-refractivity contribution in [3.05, 3.63) is 60.8 Å². The fourth-order valence-corrected chi connectivity index (χ4v) is 1.87. The summed E-state index contributed by atoms with van der Waals surface area (Å²) < 4.78 is 0. The van der Waals surface area contributed by atoms with Gasteiger partial charge in [0, 0.05) is 26.2 Å². The Labute approximate surface area is 116 Å². The van der Waals surface area contributed by atoms with Crippen molar-refractivity contribution in [2.75, 3.05) is 0 Å². The number of allylic oxidation sites excluding steroid dienone is 8. The number of hydrogen-bond acceptors (Lipinski definition) is 0. The summed E-state index contributed by atoms with van der Waals surface area (Å²) in [6.07, 6.45) is 14.7. The van der Waals surface area contributed by atoms with Crippen molar-refractivity contribution in [3.8, 4) is 0 Å². The summed E-state index contributed by atoms with van der Waals surface area (Å²) in [6, 6.07) is 0. The summed E-state index contributed by atoms with van der Waals surface area (Å²) in [5.41, 5.74) is 2.65. The van der Waals surface area contributed by atoms with Crippen LogP contribution >= 0.6 is 11.6 Å². The van der Waals surface area contributed by atoms with Crippen molar-refractivity contribution in [3.63, 3.8) is 0 Å². The molecule has 0 spiro atoms. The van der Waals surface area contributed by atoms with Crippen LogP contribution in [-0.4, -0.2) is 5.38 Å². The minimum Gasteiger partial charge on any atom is -0.113 e. The number of halogens is 1. The van der Waals surface area contributed by atoms with Gasteiger partial charge in [0.15, 0.2) is 0 Å². The molecule has 0 bridgehead atoms. The van der Waals surface area contributed by atoms with E-state index in [1.165, 1.54) is 11.1 Å². The van der Waals surface area contributed by atoms with E-state index in [-0.39, 0.29) is 31.6 Å². The van der Waals surface area contributed by atoms with Gasteiger partial charge >= 0.3 is 0 Å². The van der Waals surface area contributed by atoms with Crippen LogP contribution in [0.5, 0.6) is 0 Å². The number of hydrogen-bond donors (Lipinski definition) is 0. The van der Waals surface area contributed by atoms with Crippen molar-refractivity contribution in [2.24, 2.45) is 0 Å². The first kappa shape index (κ1) is 14.9. The van der Waals surface area contributed by atoms with Gasteiger partial charge in [-0.2, -0.15) is 0 Å². The summed E-state index contributed by atoms with van der Waals surface area (Å²) in [5, 5.41) is 0.120. The van der Waals surface area contributed by atoms with Gasteiger partial charge in [-0.05, 0) is 24.0 Å². The molecule has 0 N–H and O–H groups in total. The van der Waals surface area contributed by atoms with Crippen molar-refractivity contribution in [1.82, 2.24) is 0 Å². The molecule has 2 heteroatoms. The van der Waals surface area contributed by atoms with Crippen LogP contribution in [0.2, 0.25) is 0 Å². The molecule has 15 heavy (non-hydrogen) atoms. The minimum atomic E-state index is 0. The first-order valence-electron chi connectivity index (χ1n) is 4.73. The van der Waals surface area contributed by atoms with E-state index in [2.05, 4.69) is 49.6 Å².